The highest BCUT2D eigenvalue weighted by Gasteiger charge is 2.27. The van der Waals surface area contributed by atoms with E-state index in [1.807, 2.05) is 60.7 Å². The van der Waals surface area contributed by atoms with Crippen LogP contribution in [0.2, 0.25) is 0 Å². The molecule has 1 N–H and O–H groups in total. The molecule has 5 rings (SSSR count). The Bertz CT molecular complexity index is 1620. The molecule has 0 saturated carbocycles. The molecule has 1 aliphatic carbocycles. The van der Waals surface area contributed by atoms with Gasteiger partial charge in [-0.3, -0.25) is 0 Å². The van der Waals surface area contributed by atoms with Gasteiger partial charge in [0, 0.05) is 23.4 Å². The molecular weight excluding hydrogens is 534 g/mol. The van der Waals surface area contributed by atoms with Crippen LogP contribution in [0.1, 0.15) is 55.9 Å². The van der Waals surface area contributed by atoms with Gasteiger partial charge < -0.3 is 23.9 Å². The van der Waals surface area contributed by atoms with Gasteiger partial charge in [0.1, 0.15) is 35.3 Å². The van der Waals surface area contributed by atoms with Crippen LogP contribution in [0.15, 0.2) is 82.0 Å². The van der Waals surface area contributed by atoms with Crippen molar-refractivity contribution in [2.75, 3.05) is 0 Å². The summed E-state index contributed by atoms with van der Waals surface area (Å²) in [5.41, 5.74) is 2.86. The molecular formula is C34H35NO7. The largest absolute Gasteiger partial charge is 0.489 e. The second-order valence-electron chi connectivity index (χ2n) is 11.5. The molecule has 1 aliphatic rings. The number of aryl methyl sites for hydroxylation is 1. The van der Waals surface area contributed by atoms with Crippen LogP contribution in [-0.2, 0) is 35.4 Å². The van der Waals surface area contributed by atoms with Gasteiger partial charge in [-0.25, -0.2) is 14.4 Å². The van der Waals surface area contributed by atoms with E-state index in [1.54, 1.807) is 32.9 Å². The number of rotatable bonds is 8. The lowest BCUT2D eigenvalue weighted by Gasteiger charge is -2.23. The van der Waals surface area contributed by atoms with Crippen molar-refractivity contribution in [3.05, 3.63) is 105 Å². The molecule has 4 aromatic rings. The SMILES string of the molecule is CC(C)(C)OC(=O)NC(Cc1ccc(OCc2ccccc2)cc1)C(=O)Oc1ccc2c3c(c(=O)oc2c1)CCCC3. The summed E-state index contributed by atoms with van der Waals surface area (Å²) in [4.78, 5) is 38.5. The normalized spacial score (nSPS) is 13.6. The Morgan fingerprint density at radius 1 is 0.881 bits per heavy atom. The molecule has 1 atom stereocenters. The van der Waals surface area contributed by atoms with Gasteiger partial charge in [0.15, 0.2) is 0 Å². The zero-order chi connectivity index (χ0) is 29.7. The van der Waals surface area contributed by atoms with E-state index >= 15 is 0 Å². The van der Waals surface area contributed by atoms with Crippen molar-refractivity contribution in [3.63, 3.8) is 0 Å². The molecule has 1 amide bonds. The lowest BCUT2D eigenvalue weighted by Crippen LogP contribution is -2.46. The Kier molecular flexibility index (Phi) is 8.61. The van der Waals surface area contributed by atoms with E-state index in [0.717, 1.165) is 46.9 Å². The van der Waals surface area contributed by atoms with E-state index in [2.05, 4.69) is 5.32 Å². The summed E-state index contributed by atoms with van der Waals surface area (Å²) in [6.07, 6.45) is 2.93. The van der Waals surface area contributed by atoms with Gasteiger partial charge in [0.2, 0.25) is 0 Å². The number of esters is 1. The fourth-order valence-corrected chi connectivity index (χ4v) is 5.02. The zero-order valence-electron chi connectivity index (χ0n) is 24.1. The first-order valence-electron chi connectivity index (χ1n) is 14.2. The standard InChI is InChI=1S/C34H35NO7/c1-34(2,3)42-33(38)35-29(19-22-13-15-24(16-14-22)39-21-23-9-5-4-6-10-23)32(37)40-25-17-18-27-26-11-7-8-12-28(26)31(36)41-30(27)20-25/h4-6,9-10,13-18,20,29H,7-8,11-12,19,21H2,1-3H3,(H,35,38). The smallest absolute Gasteiger partial charge is 0.408 e. The summed E-state index contributed by atoms with van der Waals surface area (Å²) in [7, 11) is 0. The van der Waals surface area contributed by atoms with Crippen LogP contribution in [-0.4, -0.2) is 23.7 Å². The Balaban J connectivity index is 1.31. The predicted octanol–water partition coefficient (Wildman–Crippen LogP) is 6.29. The summed E-state index contributed by atoms with van der Waals surface area (Å²) in [6, 6.07) is 21.2. The first-order chi connectivity index (χ1) is 20.1. The van der Waals surface area contributed by atoms with Crippen molar-refractivity contribution in [2.24, 2.45) is 0 Å². The first kappa shape index (κ1) is 28.9. The number of amides is 1. The van der Waals surface area contributed by atoms with Crippen LogP contribution < -0.4 is 20.4 Å². The highest BCUT2D eigenvalue weighted by atomic mass is 16.6. The second-order valence-corrected chi connectivity index (χ2v) is 11.5. The number of hydrogen-bond donors (Lipinski definition) is 1. The van der Waals surface area contributed by atoms with Crippen LogP contribution >= 0.6 is 0 Å². The lowest BCUT2D eigenvalue weighted by atomic mass is 9.91. The van der Waals surface area contributed by atoms with Crippen molar-refractivity contribution in [3.8, 4) is 11.5 Å². The van der Waals surface area contributed by atoms with Gasteiger partial charge in [-0.05, 0) is 87.4 Å². The molecule has 1 unspecified atom stereocenters. The molecule has 0 radical (unpaired) electrons. The number of carbonyl (C=O) groups is 2. The number of ether oxygens (including phenoxy) is 3. The minimum Gasteiger partial charge on any atom is -0.489 e. The Labute approximate surface area is 244 Å². The lowest BCUT2D eigenvalue weighted by molar-refractivity contribution is -0.136. The van der Waals surface area contributed by atoms with Crippen molar-refractivity contribution < 1.29 is 28.2 Å². The van der Waals surface area contributed by atoms with Gasteiger partial charge in [-0.15, -0.1) is 0 Å². The van der Waals surface area contributed by atoms with Gasteiger partial charge in [0.05, 0.1) is 0 Å². The summed E-state index contributed by atoms with van der Waals surface area (Å²) < 4.78 is 22.5. The molecule has 3 aromatic carbocycles. The van der Waals surface area contributed by atoms with Crippen molar-refractivity contribution in [2.45, 2.75) is 71.1 Å². The quantitative estimate of drug-likeness (QED) is 0.151. The van der Waals surface area contributed by atoms with Crippen molar-refractivity contribution in [1.82, 2.24) is 5.32 Å². The summed E-state index contributed by atoms with van der Waals surface area (Å²) in [6.45, 7) is 5.67. The monoisotopic (exact) mass is 569 g/mol. The molecule has 8 nitrogen and oxygen atoms in total. The molecule has 1 aromatic heterocycles. The third kappa shape index (κ3) is 7.37. The first-order valence-corrected chi connectivity index (χ1v) is 14.2. The number of fused-ring (bicyclic) bond motifs is 3. The van der Waals surface area contributed by atoms with Crippen LogP contribution in [0.25, 0.3) is 11.0 Å². The van der Waals surface area contributed by atoms with Crippen molar-refractivity contribution in [1.29, 1.82) is 0 Å². The highest BCUT2D eigenvalue weighted by Crippen LogP contribution is 2.29. The van der Waals surface area contributed by atoms with Crippen LogP contribution in [0.5, 0.6) is 11.5 Å². The molecule has 0 fully saturated rings. The van der Waals surface area contributed by atoms with E-state index < -0.39 is 23.7 Å². The van der Waals surface area contributed by atoms with Gasteiger partial charge in [0.25, 0.3) is 0 Å². The third-order valence-corrected chi connectivity index (χ3v) is 7.00. The predicted molar refractivity (Wildman–Crippen MR) is 159 cm³/mol. The molecule has 0 bridgehead atoms. The topological polar surface area (TPSA) is 104 Å². The molecule has 0 aliphatic heterocycles. The molecule has 0 saturated heterocycles. The van der Waals surface area contributed by atoms with Crippen LogP contribution in [0.4, 0.5) is 4.79 Å². The van der Waals surface area contributed by atoms with Gasteiger partial charge in [-0.1, -0.05) is 42.5 Å². The molecule has 0 spiro atoms. The van der Waals surface area contributed by atoms with E-state index in [9.17, 15) is 14.4 Å². The molecule has 42 heavy (non-hydrogen) atoms. The fraction of sp³-hybridized carbons (Fsp3) is 0.324. The maximum Gasteiger partial charge on any atom is 0.408 e. The molecule has 1 heterocycles. The Morgan fingerprint density at radius 3 is 2.29 bits per heavy atom. The number of benzene rings is 3. The summed E-state index contributed by atoms with van der Waals surface area (Å²) in [5.74, 6) is 0.221. The molecule has 218 valence electrons. The maximum atomic E-state index is 13.4. The average molecular weight is 570 g/mol. The maximum absolute atomic E-state index is 13.4. The Morgan fingerprint density at radius 2 is 1.57 bits per heavy atom. The average Bonchev–Trinajstić information content (AvgIpc) is 2.96. The van der Waals surface area contributed by atoms with Crippen molar-refractivity contribution >= 4 is 23.0 Å². The highest BCUT2D eigenvalue weighted by molar-refractivity contribution is 5.86. The van der Waals surface area contributed by atoms with E-state index in [4.69, 9.17) is 18.6 Å². The van der Waals surface area contributed by atoms with E-state index in [-0.39, 0.29) is 17.8 Å². The van der Waals surface area contributed by atoms with E-state index in [0.29, 0.717) is 24.4 Å². The second kappa shape index (κ2) is 12.5. The van der Waals surface area contributed by atoms with Crippen LogP contribution in [0.3, 0.4) is 0 Å². The number of hydrogen-bond acceptors (Lipinski definition) is 7. The number of carbonyl (C=O) groups excluding carboxylic acids is 2. The summed E-state index contributed by atoms with van der Waals surface area (Å²) >= 11 is 0. The number of nitrogens with one attached hydrogen (secondary N) is 1. The Hall–Kier alpha value is -4.59. The van der Waals surface area contributed by atoms with Gasteiger partial charge in [-0.2, -0.15) is 0 Å². The molecule has 8 heteroatoms. The number of alkyl carbamates (subject to hydrolysis) is 1. The minimum atomic E-state index is -1.04. The summed E-state index contributed by atoms with van der Waals surface area (Å²) in [5, 5.41) is 3.50. The minimum absolute atomic E-state index is 0.160. The van der Waals surface area contributed by atoms with E-state index in [1.165, 1.54) is 0 Å². The van der Waals surface area contributed by atoms with Crippen LogP contribution in [0, 0.1) is 0 Å². The zero-order valence-corrected chi connectivity index (χ0v) is 24.1. The van der Waals surface area contributed by atoms with Gasteiger partial charge >= 0.3 is 17.7 Å². The fourth-order valence-electron chi connectivity index (χ4n) is 5.02. The third-order valence-electron chi connectivity index (χ3n) is 7.00.